The molecule has 0 atom stereocenters. The van der Waals surface area contributed by atoms with Crippen LogP contribution in [0.1, 0.15) is 17.0 Å². The molecule has 0 radical (unpaired) electrons. The van der Waals surface area contributed by atoms with Gasteiger partial charge in [0.05, 0.1) is 5.39 Å². The van der Waals surface area contributed by atoms with Crippen molar-refractivity contribution >= 4 is 17.0 Å². The first-order valence-corrected chi connectivity index (χ1v) is 7.77. The fraction of sp³-hybridized carbons (Fsp3) is 0.222. The van der Waals surface area contributed by atoms with Gasteiger partial charge in [-0.25, -0.2) is 9.37 Å². The van der Waals surface area contributed by atoms with E-state index in [2.05, 4.69) is 9.97 Å². The summed E-state index contributed by atoms with van der Waals surface area (Å²) < 4.78 is 15.5. The molecule has 1 N–H and O–H groups in total. The number of hydrogen-bond donors (Lipinski definition) is 1. The Hall–Kier alpha value is -3.09. The predicted octanol–water partition coefficient (Wildman–Crippen LogP) is 2.11. The van der Waals surface area contributed by atoms with Crippen LogP contribution in [0.15, 0.2) is 41.3 Å². The van der Waals surface area contributed by atoms with E-state index in [1.807, 2.05) is 0 Å². The molecule has 0 amide bonds. The number of rotatable bonds is 5. The summed E-state index contributed by atoms with van der Waals surface area (Å²) in [6.07, 6.45) is 2.03. The van der Waals surface area contributed by atoms with Gasteiger partial charge in [-0.15, -0.1) is 0 Å². The number of nitrogens with zero attached hydrogens (tertiary/aromatic N) is 3. The number of carboxylic acids is 1. The molecular formula is C18H16FN3O3. The lowest BCUT2D eigenvalue weighted by atomic mass is 10.1. The van der Waals surface area contributed by atoms with Gasteiger partial charge in [0.15, 0.2) is 0 Å². The van der Waals surface area contributed by atoms with Gasteiger partial charge in [0.1, 0.15) is 23.8 Å². The molecule has 2 heterocycles. The van der Waals surface area contributed by atoms with Gasteiger partial charge in [0, 0.05) is 12.6 Å². The molecule has 0 bridgehead atoms. The van der Waals surface area contributed by atoms with Crippen LogP contribution in [-0.2, 0) is 24.2 Å². The molecule has 0 spiro atoms. The zero-order chi connectivity index (χ0) is 18.0. The second-order valence-corrected chi connectivity index (χ2v) is 5.74. The molecule has 2 aromatic heterocycles. The zero-order valence-corrected chi connectivity index (χ0v) is 13.6. The van der Waals surface area contributed by atoms with Crippen LogP contribution in [0.25, 0.3) is 11.0 Å². The van der Waals surface area contributed by atoms with E-state index in [9.17, 15) is 19.1 Å². The summed E-state index contributed by atoms with van der Waals surface area (Å²) in [6.45, 7) is 1.31. The SMILES string of the molecule is Cc1cccc(CCc2nc(=O)c3cccnc3n2CC(=O)O)c1F. The smallest absolute Gasteiger partial charge is 0.323 e. The summed E-state index contributed by atoms with van der Waals surface area (Å²) in [5.74, 6) is -1.09. The quantitative estimate of drug-likeness (QED) is 0.768. The normalized spacial score (nSPS) is 11.0. The van der Waals surface area contributed by atoms with Crippen molar-refractivity contribution in [3.05, 3.63) is 69.7 Å². The van der Waals surface area contributed by atoms with E-state index >= 15 is 0 Å². The van der Waals surface area contributed by atoms with Crippen LogP contribution in [0.5, 0.6) is 0 Å². The summed E-state index contributed by atoms with van der Waals surface area (Å²) >= 11 is 0. The topological polar surface area (TPSA) is 85.1 Å². The maximum atomic E-state index is 14.2. The minimum atomic E-state index is -1.07. The number of fused-ring (bicyclic) bond motifs is 1. The van der Waals surface area contributed by atoms with Crippen molar-refractivity contribution in [1.29, 1.82) is 0 Å². The van der Waals surface area contributed by atoms with Crippen molar-refractivity contribution < 1.29 is 14.3 Å². The number of pyridine rings is 1. The first-order chi connectivity index (χ1) is 12.0. The van der Waals surface area contributed by atoms with Crippen molar-refractivity contribution in [2.45, 2.75) is 26.3 Å². The summed E-state index contributed by atoms with van der Waals surface area (Å²) in [4.78, 5) is 31.5. The predicted molar refractivity (Wildman–Crippen MR) is 90.0 cm³/mol. The van der Waals surface area contributed by atoms with Crippen molar-refractivity contribution in [2.24, 2.45) is 0 Å². The largest absolute Gasteiger partial charge is 0.480 e. The fourth-order valence-corrected chi connectivity index (χ4v) is 2.78. The summed E-state index contributed by atoms with van der Waals surface area (Å²) in [5.41, 5.74) is 0.833. The van der Waals surface area contributed by atoms with Crippen molar-refractivity contribution in [2.75, 3.05) is 0 Å². The number of carboxylic acid groups (broad SMARTS) is 1. The van der Waals surface area contributed by atoms with Gasteiger partial charge in [0.2, 0.25) is 0 Å². The third-order valence-electron chi connectivity index (χ3n) is 4.00. The highest BCUT2D eigenvalue weighted by atomic mass is 19.1. The minimum absolute atomic E-state index is 0.232. The first-order valence-electron chi connectivity index (χ1n) is 7.77. The zero-order valence-electron chi connectivity index (χ0n) is 13.6. The van der Waals surface area contributed by atoms with Crippen molar-refractivity contribution in [3.63, 3.8) is 0 Å². The number of aryl methyl sites for hydroxylation is 3. The highest BCUT2D eigenvalue weighted by Gasteiger charge is 2.15. The monoisotopic (exact) mass is 341 g/mol. The Bertz CT molecular complexity index is 1010. The van der Waals surface area contributed by atoms with E-state index in [4.69, 9.17) is 0 Å². The Balaban J connectivity index is 2.04. The highest BCUT2D eigenvalue weighted by molar-refractivity contribution is 5.76. The maximum absolute atomic E-state index is 14.2. The molecule has 0 fully saturated rings. The minimum Gasteiger partial charge on any atom is -0.480 e. The molecular weight excluding hydrogens is 325 g/mol. The van der Waals surface area contributed by atoms with E-state index in [0.29, 0.717) is 17.5 Å². The van der Waals surface area contributed by atoms with Gasteiger partial charge in [-0.1, -0.05) is 18.2 Å². The lowest BCUT2D eigenvalue weighted by molar-refractivity contribution is -0.137. The molecule has 0 saturated heterocycles. The number of hydrogen-bond acceptors (Lipinski definition) is 4. The molecule has 3 aromatic rings. The summed E-state index contributed by atoms with van der Waals surface area (Å²) in [6, 6.07) is 8.25. The number of halogens is 1. The lowest BCUT2D eigenvalue weighted by Crippen LogP contribution is -2.23. The van der Waals surface area contributed by atoms with Crippen LogP contribution in [0, 0.1) is 12.7 Å². The van der Waals surface area contributed by atoms with E-state index < -0.39 is 11.5 Å². The molecule has 0 unspecified atom stereocenters. The van der Waals surface area contributed by atoms with Crippen molar-refractivity contribution in [1.82, 2.24) is 14.5 Å². The maximum Gasteiger partial charge on any atom is 0.323 e. The molecule has 0 aliphatic heterocycles. The second kappa shape index (κ2) is 6.80. The third kappa shape index (κ3) is 3.40. The fourth-order valence-electron chi connectivity index (χ4n) is 2.78. The van der Waals surface area contributed by atoms with Crippen LogP contribution >= 0.6 is 0 Å². The van der Waals surface area contributed by atoms with E-state index in [1.54, 1.807) is 37.3 Å². The third-order valence-corrected chi connectivity index (χ3v) is 4.00. The van der Waals surface area contributed by atoms with Crippen LogP contribution in [0.4, 0.5) is 4.39 Å². The number of aromatic nitrogens is 3. The molecule has 1 aromatic carbocycles. The van der Waals surface area contributed by atoms with Crippen LogP contribution in [0.2, 0.25) is 0 Å². The Morgan fingerprint density at radius 3 is 2.80 bits per heavy atom. The molecule has 0 aliphatic rings. The van der Waals surface area contributed by atoms with Gasteiger partial charge >= 0.3 is 5.97 Å². The number of aliphatic carboxylic acids is 1. The standard InChI is InChI=1S/C18H16FN3O3/c1-11-4-2-5-12(16(11)19)7-8-14-21-18(25)13-6-3-9-20-17(13)22(14)10-15(23)24/h2-6,9H,7-8,10H2,1H3,(H,23,24). The Labute approximate surface area is 142 Å². The Kier molecular flexibility index (Phi) is 4.56. The molecule has 7 heteroatoms. The molecule has 3 rings (SSSR count). The van der Waals surface area contributed by atoms with E-state index in [-0.39, 0.29) is 35.6 Å². The molecule has 128 valence electrons. The Morgan fingerprint density at radius 1 is 1.24 bits per heavy atom. The number of carbonyl (C=O) groups is 1. The second-order valence-electron chi connectivity index (χ2n) is 5.74. The molecule has 6 nitrogen and oxygen atoms in total. The van der Waals surface area contributed by atoms with Gasteiger partial charge in [-0.05, 0) is 36.6 Å². The van der Waals surface area contributed by atoms with Crippen molar-refractivity contribution in [3.8, 4) is 0 Å². The highest BCUT2D eigenvalue weighted by Crippen LogP contribution is 2.15. The first kappa shape index (κ1) is 16.8. The van der Waals surface area contributed by atoms with Crippen LogP contribution < -0.4 is 5.56 Å². The van der Waals surface area contributed by atoms with Gasteiger partial charge in [0.25, 0.3) is 5.56 Å². The van der Waals surface area contributed by atoms with Crippen LogP contribution in [-0.4, -0.2) is 25.6 Å². The van der Waals surface area contributed by atoms with E-state index in [1.165, 1.54) is 10.8 Å². The molecule has 0 aliphatic carbocycles. The van der Waals surface area contributed by atoms with Crippen LogP contribution in [0.3, 0.4) is 0 Å². The van der Waals surface area contributed by atoms with Gasteiger partial charge in [-0.3, -0.25) is 9.59 Å². The summed E-state index contributed by atoms with van der Waals surface area (Å²) in [7, 11) is 0. The Morgan fingerprint density at radius 2 is 2.04 bits per heavy atom. The van der Waals surface area contributed by atoms with Gasteiger partial charge < -0.3 is 9.67 Å². The van der Waals surface area contributed by atoms with Gasteiger partial charge in [-0.2, -0.15) is 4.98 Å². The van der Waals surface area contributed by atoms with E-state index in [0.717, 1.165) is 0 Å². The number of benzene rings is 1. The molecule has 25 heavy (non-hydrogen) atoms. The summed E-state index contributed by atoms with van der Waals surface area (Å²) in [5, 5.41) is 9.43. The average Bonchev–Trinajstić information content (AvgIpc) is 2.59. The average molecular weight is 341 g/mol. The lowest BCUT2D eigenvalue weighted by Gasteiger charge is -2.13. The molecule has 0 saturated carbocycles.